The first-order valence-electron chi connectivity index (χ1n) is 10.3. The Labute approximate surface area is 161 Å². The van der Waals surface area contributed by atoms with Crippen LogP contribution in [0.3, 0.4) is 0 Å². The van der Waals surface area contributed by atoms with Gasteiger partial charge in [-0.15, -0.1) is 0 Å². The second-order valence-electron chi connectivity index (χ2n) is 9.19. The summed E-state index contributed by atoms with van der Waals surface area (Å²) in [6.07, 6.45) is 7.33. The zero-order valence-electron chi connectivity index (χ0n) is 16.3. The van der Waals surface area contributed by atoms with Crippen molar-refractivity contribution in [2.45, 2.75) is 56.9 Å². The van der Waals surface area contributed by atoms with Crippen molar-refractivity contribution in [3.05, 3.63) is 53.3 Å². The monoisotopic (exact) mass is 365 g/mol. The lowest BCUT2D eigenvalue weighted by atomic mass is 9.44. The number of rotatable bonds is 1. The second-order valence-corrected chi connectivity index (χ2v) is 9.19. The van der Waals surface area contributed by atoms with Gasteiger partial charge in [-0.1, -0.05) is 31.9 Å². The van der Waals surface area contributed by atoms with Crippen LogP contribution in [0.2, 0.25) is 0 Å². The SMILES string of the molecule is CN1CC[C@@]23CCCC[C@]2(C)[C@@H]1Cc1cc(-c2ccc(F)cc2)c(O)cc13. The number of aromatic hydroxyl groups is 1. The molecule has 0 unspecified atom stereocenters. The minimum Gasteiger partial charge on any atom is -0.507 e. The van der Waals surface area contributed by atoms with E-state index in [1.807, 2.05) is 0 Å². The van der Waals surface area contributed by atoms with Crippen molar-refractivity contribution in [3.8, 4) is 16.9 Å². The van der Waals surface area contributed by atoms with Crippen LogP contribution < -0.4 is 0 Å². The zero-order valence-corrected chi connectivity index (χ0v) is 16.3. The summed E-state index contributed by atoms with van der Waals surface area (Å²) in [5.41, 5.74) is 4.94. The molecule has 2 aromatic carbocycles. The van der Waals surface area contributed by atoms with Gasteiger partial charge in [-0.25, -0.2) is 4.39 Å². The summed E-state index contributed by atoms with van der Waals surface area (Å²) in [6, 6.07) is 11.2. The first-order valence-corrected chi connectivity index (χ1v) is 10.3. The quantitative estimate of drug-likeness (QED) is 0.743. The number of fused-ring (bicyclic) bond motifs is 1. The van der Waals surface area contributed by atoms with Gasteiger partial charge in [0.1, 0.15) is 11.6 Å². The fraction of sp³-hybridized carbons (Fsp3) is 0.500. The van der Waals surface area contributed by atoms with Crippen molar-refractivity contribution in [2.24, 2.45) is 5.41 Å². The number of nitrogens with zero attached hydrogens (tertiary/aromatic N) is 1. The Morgan fingerprint density at radius 3 is 2.59 bits per heavy atom. The van der Waals surface area contributed by atoms with Crippen LogP contribution in [-0.2, 0) is 11.8 Å². The highest BCUT2D eigenvalue weighted by molar-refractivity contribution is 5.72. The lowest BCUT2D eigenvalue weighted by Gasteiger charge is -2.65. The van der Waals surface area contributed by atoms with Crippen molar-refractivity contribution in [1.29, 1.82) is 0 Å². The average Bonchev–Trinajstić information content (AvgIpc) is 2.65. The van der Waals surface area contributed by atoms with Crippen molar-refractivity contribution in [3.63, 3.8) is 0 Å². The molecule has 2 nitrogen and oxygen atoms in total. The van der Waals surface area contributed by atoms with Crippen LogP contribution in [-0.4, -0.2) is 29.6 Å². The summed E-state index contributed by atoms with van der Waals surface area (Å²) < 4.78 is 13.3. The third-order valence-electron chi connectivity index (χ3n) is 8.11. The molecule has 1 aliphatic heterocycles. The highest BCUT2D eigenvalue weighted by Crippen LogP contribution is 2.63. The number of halogens is 1. The largest absolute Gasteiger partial charge is 0.507 e. The maximum atomic E-state index is 13.3. The van der Waals surface area contributed by atoms with Gasteiger partial charge in [0, 0.05) is 17.0 Å². The van der Waals surface area contributed by atoms with E-state index in [4.69, 9.17) is 0 Å². The molecule has 27 heavy (non-hydrogen) atoms. The van der Waals surface area contributed by atoms with Gasteiger partial charge in [-0.2, -0.15) is 0 Å². The van der Waals surface area contributed by atoms with E-state index in [0.29, 0.717) is 11.8 Å². The van der Waals surface area contributed by atoms with E-state index < -0.39 is 0 Å². The third-order valence-corrected chi connectivity index (χ3v) is 8.11. The molecular weight excluding hydrogens is 337 g/mol. The molecule has 1 heterocycles. The molecule has 2 aromatic rings. The molecule has 2 aliphatic carbocycles. The van der Waals surface area contributed by atoms with Crippen molar-refractivity contribution < 1.29 is 9.50 Å². The number of benzene rings is 2. The molecule has 3 atom stereocenters. The number of phenols is 1. The molecular formula is C24H28FNO. The zero-order chi connectivity index (χ0) is 18.8. The molecule has 0 radical (unpaired) electrons. The molecule has 0 amide bonds. The summed E-state index contributed by atoms with van der Waals surface area (Å²) in [5, 5.41) is 10.9. The van der Waals surface area contributed by atoms with E-state index in [1.165, 1.54) is 55.4 Å². The van der Waals surface area contributed by atoms with E-state index >= 15 is 0 Å². The number of likely N-dealkylation sites (tertiary alicyclic amines) is 1. The Kier molecular flexibility index (Phi) is 3.71. The van der Waals surface area contributed by atoms with Crippen LogP contribution in [0.5, 0.6) is 5.75 Å². The lowest BCUT2D eigenvalue weighted by Crippen LogP contribution is -2.66. The van der Waals surface area contributed by atoms with Crippen molar-refractivity contribution >= 4 is 0 Å². The number of piperidine rings is 1. The number of phenolic OH excluding ortho intramolecular Hbond substituents is 1. The van der Waals surface area contributed by atoms with Gasteiger partial charge in [-0.3, -0.25) is 0 Å². The van der Waals surface area contributed by atoms with Gasteiger partial charge in [0.2, 0.25) is 0 Å². The molecule has 1 saturated carbocycles. The topological polar surface area (TPSA) is 23.5 Å². The van der Waals surface area contributed by atoms with Gasteiger partial charge in [0.25, 0.3) is 0 Å². The van der Waals surface area contributed by atoms with Gasteiger partial charge >= 0.3 is 0 Å². The van der Waals surface area contributed by atoms with E-state index in [0.717, 1.165) is 24.1 Å². The Morgan fingerprint density at radius 1 is 1.07 bits per heavy atom. The standard InChI is InChI=1S/C24H28FNO/c1-23-9-3-4-10-24(23)11-12-26(2)22(23)14-17-13-19(21(27)15-20(17)24)16-5-7-18(25)8-6-16/h5-8,13,15,22,27H,3-4,9-12,14H2,1-2H3/t22-,23+,24+/m0/s1. The molecule has 3 heteroatoms. The minimum absolute atomic E-state index is 0.189. The second kappa shape index (κ2) is 5.81. The molecule has 1 saturated heterocycles. The highest BCUT2D eigenvalue weighted by atomic mass is 19.1. The predicted octanol–water partition coefficient (Wildman–Crippen LogP) is 5.28. The molecule has 0 spiro atoms. The molecule has 3 aliphatic rings. The van der Waals surface area contributed by atoms with Crippen molar-refractivity contribution in [1.82, 2.24) is 4.90 Å². The van der Waals surface area contributed by atoms with Crippen LogP contribution in [0.25, 0.3) is 11.1 Å². The van der Waals surface area contributed by atoms with E-state index in [2.05, 4.69) is 31.0 Å². The molecule has 2 bridgehead atoms. The van der Waals surface area contributed by atoms with Gasteiger partial charge in [0.15, 0.2) is 0 Å². The Morgan fingerprint density at radius 2 is 1.81 bits per heavy atom. The molecule has 142 valence electrons. The maximum Gasteiger partial charge on any atom is 0.123 e. The summed E-state index contributed by atoms with van der Waals surface area (Å²) in [5.74, 6) is 0.0873. The molecule has 0 aromatic heterocycles. The Balaban J connectivity index is 1.69. The predicted molar refractivity (Wildman–Crippen MR) is 106 cm³/mol. The summed E-state index contributed by atoms with van der Waals surface area (Å²) in [7, 11) is 2.28. The fourth-order valence-electron chi connectivity index (χ4n) is 6.62. The van der Waals surface area contributed by atoms with Gasteiger partial charge < -0.3 is 10.0 Å². The molecule has 1 N–H and O–H groups in total. The summed E-state index contributed by atoms with van der Waals surface area (Å²) in [6.45, 7) is 3.64. The highest BCUT2D eigenvalue weighted by Gasteiger charge is 2.60. The van der Waals surface area contributed by atoms with Crippen LogP contribution in [0, 0.1) is 11.2 Å². The van der Waals surface area contributed by atoms with Gasteiger partial charge in [0.05, 0.1) is 0 Å². The minimum atomic E-state index is -0.246. The lowest BCUT2D eigenvalue weighted by molar-refractivity contribution is -0.0735. The van der Waals surface area contributed by atoms with Crippen LogP contribution >= 0.6 is 0 Å². The number of hydrogen-bond donors (Lipinski definition) is 1. The van der Waals surface area contributed by atoms with E-state index in [9.17, 15) is 9.50 Å². The van der Waals surface area contributed by atoms with Crippen LogP contribution in [0.1, 0.15) is 50.2 Å². The number of likely N-dealkylation sites (N-methyl/N-ethyl adjacent to an activating group) is 1. The van der Waals surface area contributed by atoms with Crippen molar-refractivity contribution in [2.75, 3.05) is 13.6 Å². The Bertz CT molecular complexity index is 892. The number of hydrogen-bond acceptors (Lipinski definition) is 2. The summed E-state index contributed by atoms with van der Waals surface area (Å²) in [4.78, 5) is 2.57. The maximum absolute atomic E-state index is 13.3. The fourth-order valence-corrected chi connectivity index (χ4v) is 6.62. The average molecular weight is 365 g/mol. The molecule has 5 rings (SSSR count). The summed E-state index contributed by atoms with van der Waals surface area (Å²) >= 11 is 0. The third kappa shape index (κ3) is 2.27. The first-order chi connectivity index (χ1) is 12.9. The van der Waals surface area contributed by atoms with E-state index in [-0.39, 0.29) is 16.6 Å². The van der Waals surface area contributed by atoms with Crippen LogP contribution in [0.4, 0.5) is 4.39 Å². The first kappa shape index (κ1) is 17.2. The smallest absolute Gasteiger partial charge is 0.123 e. The normalized spacial score (nSPS) is 32.6. The molecule has 2 fully saturated rings. The van der Waals surface area contributed by atoms with Gasteiger partial charge in [-0.05, 0) is 85.6 Å². The van der Waals surface area contributed by atoms with Crippen LogP contribution in [0.15, 0.2) is 36.4 Å². The van der Waals surface area contributed by atoms with E-state index in [1.54, 1.807) is 12.1 Å². The Hall–Kier alpha value is -1.87.